The summed E-state index contributed by atoms with van der Waals surface area (Å²) in [6.45, 7) is 3.97. The van der Waals surface area contributed by atoms with Crippen LogP contribution in [0, 0.1) is 0 Å². The number of carbonyl (C=O) groups is 9. The van der Waals surface area contributed by atoms with Crippen LogP contribution in [-0.2, 0) is 59.1 Å². The number of esters is 6. The van der Waals surface area contributed by atoms with E-state index in [0.717, 1.165) is 11.8 Å². The number of rotatable bonds is 15. The number of nitrogens with one attached hydrogen (secondary N) is 2. The molecule has 1 spiro atoms. The third-order valence-electron chi connectivity index (χ3n) is 11.8. The summed E-state index contributed by atoms with van der Waals surface area (Å²) in [6.07, 6.45) is 0.667. The summed E-state index contributed by atoms with van der Waals surface area (Å²) in [6, 6.07) is 17.0. The summed E-state index contributed by atoms with van der Waals surface area (Å²) >= 11 is 8.67. The van der Waals surface area contributed by atoms with Gasteiger partial charge in [-0.3, -0.25) is 38.5 Å². The van der Waals surface area contributed by atoms with Crippen LogP contribution in [0.3, 0.4) is 0 Å². The molecule has 75 heavy (non-hydrogen) atoms. The van der Waals surface area contributed by atoms with Gasteiger partial charge < -0.3 is 48.2 Å². The number of nitrogens with zero attached hydrogens (tertiary/aromatic N) is 1. The van der Waals surface area contributed by atoms with Gasteiger partial charge in [-0.15, -0.1) is 23.5 Å². The highest BCUT2D eigenvalue weighted by Gasteiger charge is 2.56. The molecule has 2 unspecified atom stereocenters. The van der Waals surface area contributed by atoms with Crippen molar-refractivity contribution < 1.29 is 80.7 Å². The summed E-state index contributed by atoms with van der Waals surface area (Å²) in [7, 11) is 0. The number of ether oxygens (including phenoxy) is 7. The van der Waals surface area contributed by atoms with E-state index in [1.165, 1.54) is 79.8 Å². The number of hydrogen-bond acceptors (Lipinski definition) is 20. The molecular formula is C51H40ClN3O18S2. The van der Waals surface area contributed by atoms with E-state index < -0.39 is 95.1 Å². The number of β-lactam (4-membered cyclic amide) rings is 1. The number of hydrogen-bond donors (Lipinski definition) is 2. The SMILES string of the molecule is CCCC(=O)Oc1cc2oc(=O)c(C(=O)NCC(=O)NC3C(=O)N4C(C(=O)OCOC(C)=O)=C(SCc5ccc6c(c5)C(=O)OC65c6ccc(OC(C)=O)cc6Oc6cc(OC(C)=O)ccc65)CSC34)cc2cc1Cl. The highest BCUT2D eigenvalue weighted by molar-refractivity contribution is 8.05. The third-order valence-corrected chi connectivity index (χ3v) is 14.7. The van der Waals surface area contributed by atoms with Crippen LogP contribution in [0.25, 0.3) is 11.0 Å². The summed E-state index contributed by atoms with van der Waals surface area (Å²) < 4.78 is 43.7. The number of halogens is 1. The van der Waals surface area contributed by atoms with E-state index in [2.05, 4.69) is 10.6 Å². The topological polar surface area (TPSA) is 276 Å². The van der Waals surface area contributed by atoms with Crippen LogP contribution in [0.5, 0.6) is 28.7 Å². The van der Waals surface area contributed by atoms with Crippen molar-refractivity contribution in [2.45, 2.75) is 63.3 Å². The van der Waals surface area contributed by atoms with Crippen molar-refractivity contribution in [1.29, 1.82) is 0 Å². The quantitative estimate of drug-likeness (QED) is 0.0405. The van der Waals surface area contributed by atoms with E-state index in [4.69, 9.17) is 49.2 Å². The van der Waals surface area contributed by atoms with E-state index >= 15 is 0 Å². The number of benzene rings is 4. The molecule has 0 aliphatic carbocycles. The molecule has 2 atom stereocenters. The summed E-state index contributed by atoms with van der Waals surface area (Å²) in [5.74, 6) is -5.58. The predicted molar refractivity (Wildman–Crippen MR) is 264 cm³/mol. The molecule has 5 aromatic rings. The lowest BCUT2D eigenvalue weighted by atomic mass is 9.77. The number of carbonyl (C=O) groups excluding carboxylic acids is 9. The van der Waals surface area contributed by atoms with E-state index in [1.807, 2.05) is 0 Å². The highest BCUT2D eigenvalue weighted by Crippen LogP contribution is 2.57. The molecule has 0 radical (unpaired) electrons. The minimum atomic E-state index is -1.56. The first-order chi connectivity index (χ1) is 35.8. The van der Waals surface area contributed by atoms with Gasteiger partial charge in [0.2, 0.25) is 12.7 Å². The third kappa shape index (κ3) is 10.2. The van der Waals surface area contributed by atoms with Crippen molar-refractivity contribution in [1.82, 2.24) is 15.5 Å². The molecule has 21 nitrogen and oxygen atoms in total. The van der Waals surface area contributed by atoms with Gasteiger partial charge in [-0.1, -0.05) is 30.7 Å². The summed E-state index contributed by atoms with van der Waals surface area (Å²) in [5.41, 5.74) is -1.16. The van der Waals surface area contributed by atoms with Crippen LogP contribution in [-0.4, -0.2) is 88.9 Å². The zero-order valence-electron chi connectivity index (χ0n) is 39.8. The molecule has 3 amide bonds. The first-order valence-electron chi connectivity index (χ1n) is 22.7. The molecular weight excluding hydrogens is 1040 g/mol. The van der Waals surface area contributed by atoms with Gasteiger partial charge >= 0.3 is 41.4 Å². The lowest BCUT2D eigenvalue weighted by Crippen LogP contribution is -2.71. The maximum atomic E-state index is 14.0. The second kappa shape index (κ2) is 21.0. The number of fused-ring (bicyclic) bond motifs is 8. The Hall–Kier alpha value is -8.15. The van der Waals surface area contributed by atoms with Crippen molar-refractivity contribution in [2.24, 2.45) is 0 Å². The van der Waals surface area contributed by atoms with E-state index in [-0.39, 0.29) is 73.9 Å². The normalized spacial score (nSPS) is 16.5. The lowest BCUT2D eigenvalue weighted by Gasteiger charge is -2.49. The van der Waals surface area contributed by atoms with E-state index in [0.29, 0.717) is 33.6 Å². The van der Waals surface area contributed by atoms with Crippen molar-refractivity contribution in [3.63, 3.8) is 0 Å². The Morgan fingerprint density at radius 3 is 2.16 bits per heavy atom. The molecule has 24 heteroatoms. The first-order valence-corrected chi connectivity index (χ1v) is 25.1. The zero-order valence-corrected chi connectivity index (χ0v) is 42.2. The molecule has 0 bridgehead atoms. The fourth-order valence-electron chi connectivity index (χ4n) is 8.60. The molecule has 0 saturated carbocycles. The van der Waals surface area contributed by atoms with Crippen LogP contribution in [0.1, 0.15) is 83.5 Å². The van der Waals surface area contributed by atoms with Crippen molar-refractivity contribution >= 4 is 99.6 Å². The first kappa shape index (κ1) is 51.7. The zero-order chi connectivity index (χ0) is 53.5. The Labute approximate surface area is 437 Å². The molecule has 2 N–H and O–H groups in total. The van der Waals surface area contributed by atoms with Crippen molar-refractivity contribution in [2.75, 3.05) is 19.1 Å². The molecule has 386 valence electrons. The second-order valence-electron chi connectivity index (χ2n) is 16.9. The molecule has 1 aromatic heterocycles. The Balaban J connectivity index is 0.913. The second-order valence-corrected chi connectivity index (χ2v) is 19.5. The Morgan fingerprint density at radius 2 is 1.51 bits per heavy atom. The largest absolute Gasteiger partial charge is 0.456 e. The van der Waals surface area contributed by atoms with E-state index in [9.17, 15) is 47.9 Å². The van der Waals surface area contributed by atoms with Crippen molar-refractivity contribution in [3.05, 3.63) is 132 Å². The predicted octanol–water partition coefficient (Wildman–Crippen LogP) is 5.91. The van der Waals surface area contributed by atoms with Gasteiger partial charge in [0.15, 0.2) is 11.4 Å². The minimum Gasteiger partial charge on any atom is -0.456 e. The highest BCUT2D eigenvalue weighted by atomic mass is 35.5. The van der Waals surface area contributed by atoms with Gasteiger partial charge in [0, 0.05) is 83.9 Å². The molecule has 4 aliphatic heterocycles. The summed E-state index contributed by atoms with van der Waals surface area (Å²) in [4.78, 5) is 129. The fraction of sp³-hybridized carbons (Fsp3) is 0.255. The van der Waals surface area contributed by atoms with Gasteiger partial charge in [-0.25, -0.2) is 14.4 Å². The Kier molecular flexibility index (Phi) is 14.5. The van der Waals surface area contributed by atoms with Crippen LogP contribution >= 0.6 is 35.1 Å². The maximum absolute atomic E-state index is 14.0. The standard InChI is InChI=1S/C51H40ClN3O18S2/c1-5-6-42(60)71-39-18-36-27(15-35(39)52)14-31(48(63)72-36)45(61)53-19-41(59)54-43-46(62)55-44(50(65)67-22-66-23(2)56)40(21-75-47(43)55)74-20-26-7-10-32-30(13-26)49(64)73-51(32)33-11-8-28(68-24(3)57)16-37(33)70-38-17-29(69-25(4)58)9-12-34(38)51/h7-18,43,47H,5-6,19-22H2,1-4H3,(H,53,61)(H,54,59). The van der Waals surface area contributed by atoms with Gasteiger partial charge in [-0.05, 0) is 54.4 Å². The van der Waals surface area contributed by atoms with Gasteiger partial charge in [0.1, 0.15) is 51.3 Å². The Morgan fingerprint density at radius 1 is 0.827 bits per heavy atom. The average Bonchev–Trinajstić information content (AvgIpc) is 3.64. The van der Waals surface area contributed by atoms with Crippen LogP contribution < -0.4 is 35.2 Å². The van der Waals surface area contributed by atoms with Gasteiger partial charge in [0.25, 0.3) is 11.8 Å². The van der Waals surface area contributed by atoms with Gasteiger partial charge in [-0.2, -0.15) is 0 Å². The van der Waals surface area contributed by atoms with E-state index in [1.54, 1.807) is 37.3 Å². The number of thioether (sulfide) groups is 2. The van der Waals surface area contributed by atoms with Crippen LogP contribution in [0.15, 0.2) is 92.6 Å². The van der Waals surface area contributed by atoms with Crippen LogP contribution in [0.4, 0.5) is 0 Å². The molecule has 9 rings (SSSR count). The lowest BCUT2D eigenvalue weighted by molar-refractivity contribution is -0.166. The molecule has 5 heterocycles. The fourth-order valence-corrected chi connectivity index (χ4v) is 11.4. The number of amides is 3. The molecule has 1 fully saturated rings. The molecule has 1 saturated heterocycles. The van der Waals surface area contributed by atoms with Gasteiger partial charge in [0.05, 0.1) is 17.1 Å². The Bertz CT molecular complexity index is 3360. The van der Waals surface area contributed by atoms with Crippen LogP contribution in [0.2, 0.25) is 5.02 Å². The minimum absolute atomic E-state index is 0.0158. The summed E-state index contributed by atoms with van der Waals surface area (Å²) in [5, 5.41) is 4.32. The van der Waals surface area contributed by atoms with Crippen molar-refractivity contribution in [3.8, 4) is 28.7 Å². The smallest absolute Gasteiger partial charge is 0.358 e. The molecule has 4 aromatic carbocycles. The maximum Gasteiger partial charge on any atom is 0.358 e. The average molecular weight is 1080 g/mol. The molecule has 4 aliphatic rings. The monoisotopic (exact) mass is 1080 g/mol.